The monoisotopic (exact) mass is 291 g/mol. The van der Waals surface area contributed by atoms with Gasteiger partial charge in [-0.05, 0) is 25.3 Å². The minimum absolute atomic E-state index is 0.345. The predicted molar refractivity (Wildman–Crippen MR) is 72.0 cm³/mol. The molecule has 0 aliphatic heterocycles. The van der Waals surface area contributed by atoms with Crippen molar-refractivity contribution in [3.05, 3.63) is 35.2 Å². The predicted octanol–water partition coefficient (Wildman–Crippen LogP) is 1.67. The van der Waals surface area contributed by atoms with Crippen molar-refractivity contribution in [3.63, 3.8) is 0 Å². The lowest BCUT2D eigenvalue weighted by molar-refractivity contribution is 0.0737. The van der Waals surface area contributed by atoms with Gasteiger partial charge in [0.05, 0.1) is 11.1 Å². The van der Waals surface area contributed by atoms with Gasteiger partial charge in [0.15, 0.2) is 5.82 Å². The van der Waals surface area contributed by atoms with Gasteiger partial charge in [-0.1, -0.05) is 16.4 Å². The highest BCUT2D eigenvalue weighted by Crippen LogP contribution is 2.22. The highest BCUT2D eigenvalue weighted by Gasteiger charge is 2.20. The molecule has 7 nitrogen and oxygen atoms in total. The lowest BCUT2D eigenvalue weighted by Crippen LogP contribution is -2.15. The Kier molecular flexibility index (Phi) is 3.11. The number of thiophene rings is 1. The van der Waals surface area contributed by atoms with Gasteiger partial charge in [-0.3, -0.25) is 0 Å². The first-order valence-electron chi connectivity index (χ1n) is 6.02. The maximum atomic E-state index is 9.83. The molecule has 3 aromatic heterocycles. The molecule has 0 spiro atoms. The Morgan fingerprint density at radius 3 is 2.95 bits per heavy atom. The first kappa shape index (κ1) is 12.9. The first-order valence-corrected chi connectivity index (χ1v) is 6.90. The van der Waals surface area contributed by atoms with Crippen LogP contribution in [0.5, 0.6) is 0 Å². The molecule has 3 aromatic rings. The molecular formula is C12H13N5O2S. The van der Waals surface area contributed by atoms with Gasteiger partial charge in [-0.25, -0.2) is 4.68 Å². The maximum absolute atomic E-state index is 9.83. The molecule has 0 aromatic carbocycles. The molecule has 0 atom stereocenters. The van der Waals surface area contributed by atoms with Crippen molar-refractivity contribution < 1.29 is 9.63 Å². The summed E-state index contributed by atoms with van der Waals surface area (Å²) in [5.74, 6) is 1.01. The van der Waals surface area contributed by atoms with E-state index in [1.807, 2.05) is 17.5 Å². The number of aliphatic hydroxyl groups is 1. The van der Waals surface area contributed by atoms with Crippen LogP contribution in [0.4, 0.5) is 0 Å². The van der Waals surface area contributed by atoms with E-state index in [1.54, 1.807) is 24.7 Å². The Balaban J connectivity index is 1.77. The van der Waals surface area contributed by atoms with Crippen molar-refractivity contribution in [2.75, 3.05) is 0 Å². The van der Waals surface area contributed by atoms with E-state index in [-0.39, 0.29) is 0 Å². The summed E-state index contributed by atoms with van der Waals surface area (Å²) < 4.78 is 6.76. The van der Waals surface area contributed by atoms with Gasteiger partial charge in [0.25, 0.3) is 5.89 Å². The molecule has 0 aliphatic carbocycles. The van der Waals surface area contributed by atoms with E-state index in [9.17, 15) is 5.11 Å². The number of aromatic nitrogens is 5. The standard InChI is InChI=1S/C12H13N5O2S/c1-12(2,18)9-6-17(16-14-9)7-10-13-11(19-15-10)8-4-3-5-20-8/h3-6,18H,7H2,1-2H3. The molecule has 8 heteroatoms. The van der Waals surface area contributed by atoms with E-state index in [0.29, 0.717) is 24.0 Å². The van der Waals surface area contributed by atoms with Crippen LogP contribution in [0.25, 0.3) is 10.8 Å². The van der Waals surface area contributed by atoms with Gasteiger partial charge >= 0.3 is 0 Å². The molecule has 0 aliphatic rings. The molecule has 3 heterocycles. The molecule has 0 radical (unpaired) electrons. The summed E-state index contributed by atoms with van der Waals surface area (Å²) in [5, 5.41) is 23.5. The average Bonchev–Trinajstić information content (AvgIpc) is 3.08. The largest absolute Gasteiger partial charge is 0.384 e. The number of hydrogen-bond donors (Lipinski definition) is 1. The third kappa shape index (κ3) is 2.61. The van der Waals surface area contributed by atoms with Gasteiger partial charge in [0.1, 0.15) is 17.8 Å². The van der Waals surface area contributed by atoms with E-state index >= 15 is 0 Å². The van der Waals surface area contributed by atoms with Crippen LogP contribution in [0, 0.1) is 0 Å². The smallest absolute Gasteiger partial charge is 0.268 e. The Morgan fingerprint density at radius 1 is 1.45 bits per heavy atom. The second-order valence-corrected chi connectivity index (χ2v) is 5.80. The number of rotatable bonds is 4. The minimum Gasteiger partial charge on any atom is -0.384 e. The lowest BCUT2D eigenvalue weighted by Gasteiger charge is -2.11. The first-order chi connectivity index (χ1) is 9.52. The highest BCUT2D eigenvalue weighted by atomic mass is 32.1. The molecule has 0 saturated heterocycles. The molecule has 0 fully saturated rings. The van der Waals surface area contributed by atoms with E-state index < -0.39 is 5.60 Å². The summed E-state index contributed by atoms with van der Waals surface area (Å²) in [7, 11) is 0. The van der Waals surface area contributed by atoms with Crippen molar-refractivity contribution in [3.8, 4) is 10.8 Å². The second-order valence-electron chi connectivity index (χ2n) is 4.85. The van der Waals surface area contributed by atoms with Crippen molar-refractivity contribution in [2.45, 2.75) is 26.0 Å². The van der Waals surface area contributed by atoms with E-state index in [4.69, 9.17) is 4.52 Å². The second kappa shape index (κ2) is 4.80. The van der Waals surface area contributed by atoms with Crippen molar-refractivity contribution in [1.82, 2.24) is 25.1 Å². The van der Waals surface area contributed by atoms with Crippen LogP contribution in [0.1, 0.15) is 25.4 Å². The summed E-state index contributed by atoms with van der Waals surface area (Å²) in [6, 6.07) is 3.85. The fourth-order valence-corrected chi connectivity index (χ4v) is 2.26. The zero-order chi connectivity index (χ0) is 14.2. The number of hydrogen-bond acceptors (Lipinski definition) is 7. The SMILES string of the molecule is CC(C)(O)c1cn(Cc2noc(-c3cccs3)n2)nn1. The molecule has 0 amide bonds. The Morgan fingerprint density at radius 2 is 2.30 bits per heavy atom. The topological polar surface area (TPSA) is 89.9 Å². The summed E-state index contributed by atoms with van der Waals surface area (Å²) in [4.78, 5) is 5.23. The van der Waals surface area contributed by atoms with Crippen molar-refractivity contribution >= 4 is 11.3 Å². The van der Waals surface area contributed by atoms with Gasteiger partial charge in [0, 0.05) is 0 Å². The van der Waals surface area contributed by atoms with Gasteiger partial charge in [-0.15, -0.1) is 16.4 Å². The summed E-state index contributed by atoms with van der Waals surface area (Å²) in [6.45, 7) is 3.66. The molecule has 104 valence electrons. The fourth-order valence-electron chi connectivity index (χ4n) is 1.62. The van der Waals surface area contributed by atoms with Crippen LogP contribution in [0.2, 0.25) is 0 Å². The van der Waals surface area contributed by atoms with Crippen LogP contribution in [-0.4, -0.2) is 30.2 Å². The van der Waals surface area contributed by atoms with Gasteiger partial charge in [-0.2, -0.15) is 4.98 Å². The normalized spacial score (nSPS) is 11.9. The molecule has 0 unspecified atom stereocenters. The minimum atomic E-state index is -1.02. The fraction of sp³-hybridized carbons (Fsp3) is 0.333. The Hall–Kier alpha value is -2.06. The van der Waals surface area contributed by atoms with Gasteiger partial charge < -0.3 is 9.63 Å². The van der Waals surface area contributed by atoms with Crippen LogP contribution in [0.3, 0.4) is 0 Å². The van der Waals surface area contributed by atoms with E-state index in [2.05, 4.69) is 20.5 Å². The zero-order valence-electron chi connectivity index (χ0n) is 11.0. The third-order valence-corrected chi connectivity index (χ3v) is 3.53. The molecule has 0 bridgehead atoms. The van der Waals surface area contributed by atoms with Crippen molar-refractivity contribution in [2.24, 2.45) is 0 Å². The average molecular weight is 291 g/mol. The lowest BCUT2D eigenvalue weighted by atomic mass is 10.1. The zero-order valence-corrected chi connectivity index (χ0v) is 11.8. The Bertz CT molecular complexity index is 696. The van der Waals surface area contributed by atoms with Crippen LogP contribution >= 0.6 is 11.3 Å². The summed E-state index contributed by atoms with van der Waals surface area (Å²) in [5.41, 5.74) is -0.517. The number of nitrogens with zero attached hydrogens (tertiary/aromatic N) is 5. The van der Waals surface area contributed by atoms with Gasteiger partial charge in [0.2, 0.25) is 0 Å². The quantitative estimate of drug-likeness (QED) is 0.786. The third-order valence-electron chi connectivity index (χ3n) is 2.67. The molecule has 3 rings (SSSR count). The van der Waals surface area contributed by atoms with Crippen LogP contribution in [0.15, 0.2) is 28.2 Å². The van der Waals surface area contributed by atoms with Crippen LogP contribution in [-0.2, 0) is 12.1 Å². The summed E-state index contributed by atoms with van der Waals surface area (Å²) in [6.07, 6.45) is 1.67. The molecule has 20 heavy (non-hydrogen) atoms. The highest BCUT2D eigenvalue weighted by molar-refractivity contribution is 7.13. The Labute approximate surface area is 118 Å². The molecular weight excluding hydrogens is 278 g/mol. The van der Waals surface area contributed by atoms with Crippen molar-refractivity contribution in [1.29, 1.82) is 0 Å². The molecule has 0 saturated carbocycles. The van der Waals surface area contributed by atoms with E-state index in [0.717, 1.165) is 4.88 Å². The summed E-state index contributed by atoms with van der Waals surface area (Å²) >= 11 is 1.54. The van der Waals surface area contributed by atoms with Crippen LogP contribution < -0.4 is 0 Å². The van der Waals surface area contributed by atoms with E-state index in [1.165, 1.54) is 11.3 Å². The maximum Gasteiger partial charge on any atom is 0.268 e. The molecule has 1 N–H and O–H groups in total.